The molecule has 2 aromatic rings. The van der Waals surface area contributed by atoms with Crippen molar-refractivity contribution in [2.45, 2.75) is 10.8 Å². The smallest absolute Gasteiger partial charge is 0.225 e. The summed E-state index contributed by atoms with van der Waals surface area (Å²) in [6.45, 7) is 0. The number of nitrogen functional groups attached to an aromatic ring is 1. The molecule has 0 bridgehead atoms. The highest BCUT2D eigenvalue weighted by Crippen LogP contribution is 2.24. The molecular weight excluding hydrogens is 395 g/mol. The Labute approximate surface area is 132 Å². The molecule has 3 N–H and O–H groups in total. The molecule has 19 heavy (non-hydrogen) atoms. The molecule has 0 saturated carbocycles. The molecule has 0 fully saturated rings. The SMILES string of the molecule is Nc1nnc(SCCC(=O)Nc2ccc(I)cc2)s1. The summed E-state index contributed by atoms with van der Waals surface area (Å²) in [6, 6.07) is 7.68. The molecule has 5 nitrogen and oxygen atoms in total. The van der Waals surface area contributed by atoms with E-state index in [9.17, 15) is 4.79 Å². The van der Waals surface area contributed by atoms with E-state index in [0.29, 0.717) is 17.3 Å². The Bertz CT molecular complexity index is 558. The van der Waals surface area contributed by atoms with Crippen LogP contribution in [-0.4, -0.2) is 21.9 Å². The Morgan fingerprint density at radius 1 is 1.37 bits per heavy atom. The van der Waals surface area contributed by atoms with Gasteiger partial charge in [0, 0.05) is 21.4 Å². The minimum atomic E-state index is -0.00815. The lowest BCUT2D eigenvalue weighted by atomic mass is 10.3. The van der Waals surface area contributed by atoms with Crippen LogP contribution in [0.5, 0.6) is 0 Å². The first-order valence-corrected chi connectivity index (χ1v) is 8.29. The van der Waals surface area contributed by atoms with Crippen molar-refractivity contribution in [3.05, 3.63) is 27.8 Å². The number of rotatable bonds is 5. The van der Waals surface area contributed by atoms with Crippen molar-refractivity contribution < 1.29 is 4.79 Å². The van der Waals surface area contributed by atoms with Gasteiger partial charge >= 0.3 is 0 Å². The number of amides is 1. The number of nitrogens with two attached hydrogens (primary N) is 1. The van der Waals surface area contributed by atoms with E-state index in [4.69, 9.17) is 5.73 Å². The Kier molecular flexibility index (Phi) is 5.40. The van der Waals surface area contributed by atoms with Gasteiger partial charge in [0.15, 0.2) is 4.34 Å². The van der Waals surface area contributed by atoms with E-state index < -0.39 is 0 Å². The maximum atomic E-state index is 11.7. The largest absolute Gasteiger partial charge is 0.374 e. The number of benzene rings is 1. The first kappa shape index (κ1) is 14.5. The van der Waals surface area contributed by atoms with Gasteiger partial charge in [-0.15, -0.1) is 10.2 Å². The molecule has 1 amide bonds. The van der Waals surface area contributed by atoms with Gasteiger partial charge in [0.2, 0.25) is 11.0 Å². The van der Waals surface area contributed by atoms with Crippen LogP contribution in [0, 0.1) is 3.57 Å². The van der Waals surface area contributed by atoms with Crippen molar-refractivity contribution in [2.24, 2.45) is 0 Å². The van der Waals surface area contributed by atoms with Gasteiger partial charge in [-0.2, -0.15) is 0 Å². The molecule has 100 valence electrons. The number of nitrogens with zero attached hydrogens (tertiary/aromatic N) is 2. The van der Waals surface area contributed by atoms with Crippen LogP contribution in [0.15, 0.2) is 28.6 Å². The summed E-state index contributed by atoms with van der Waals surface area (Å²) in [5, 5.41) is 10.9. The number of carbonyl (C=O) groups excluding carboxylic acids is 1. The molecule has 0 saturated heterocycles. The van der Waals surface area contributed by atoms with Crippen LogP contribution in [0.1, 0.15) is 6.42 Å². The molecule has 2 rings (SSSR count). The second-order valence-corrected chi connectivity index (χ2v) is 7.16. The zero-order valence-electron chi connectivity index (χ0n) is 9.80. The summed E-state index contributed by atoms with van der Waals surface area (Å²) in [4.78, 5) is 11.7. The van der Waals surface area contributed by atoms with Gasteiger partial charge in [0.25, 0.3) is 0 Å². The Balaban J connectivity index is 1.74. The average Bonchev–Trinajstić information content (AvgIpc) is 2.78. The maximum Gasteiger partial charge on any atom is 0.225 e. The van der Waals surface area contributed by atoms with Gasteiger partial charge in [-0.05, 0) is 46.9 Å². The van der Waals surface area contributed by atoms with Crippen LogP contribution in [0.25, 0.3) is 0 Å². The minimum Gasteiger partial charge on any atom is -0.374 e. The van der Waals surface area contributed by atoms with Gasteiger partial charge in [-0.1, -0.05) is 23.1 Å². The monoisotopic (exact) mass is 406 g/mol. The van der Waals surface area contributed by atoms with E-state index in [0.717, 1.165) is 13.6 Å². The van der Waals surface area contributed by atoms with E-state index in [1.807, 2.05) is 24.3 Å². The highest BCUT2D eigenvalue weighted by atomic mass is 127. The molecule has 0 unspecified atom stereocenters. The first-order chi connectivity index (χ1) is 9.13. The number of carbonyl (C=O) groups is 1. The highest BCUT2D eigenvalue weighted by Gasteiger charge is 2.05. The molecule has 0 aliphatic heterocycles. The second kappa shape index (κ2) is 7.06. The third-order valence-electron chi connectivity index (χ3n) is 2.10. The maximum absolute atomic E-state index is 11.7. The van der Waals surface area contributed by atoms with Crippen LogP contribution >= 0.6 is 45.7 Å². The number of nitrogens with one attached hydrogen (secondary N) is 1. The van der Waals surface area contributed by atoms with E-state index in [1.54, 1.807) is 0 Å². The van der Waals surface area contributed by atoms with Gasteiger partial charge in [0.1, 0.15) is 0 Å². The van der Waals surface area contributed by atoms with E-state index >= 15 is 0 Å². The van der Waals surface area contributed by atoms with Crippen LogP contribution in [0.4, 0.5) is 10.8 Å². The zero-order valence-corrected chi connectivity index (χ0v) is 13.6. The van der Waals surface area contributed by atoms with Crippen LogP contribution in [0.2, 0.25) is 0 Å². The first-order valence-electron chi connectivity index (χ1n) is 5.40. The zero-order chi connectivity index (χ0) is 13.7. The molecule has 8 heteroatoms. The van der Waals surface area contributed by atoms with Gasteiger partial charge < -0.3 is 11.1 Å². The quantitative estimate of drug-likeness (QED) is 0.590. The molecule has 1 aromatic heterocycles. The Morgan fingerprint density at radius 3 is 2.74 bits per heavy atom. The fourth-order valence-electron chi connectivity index (χ4n) is 1.27. The second-order valence-electron chi connectivity index (χ2n) is 3.56. The Morgan fingerprint density at radius 2 is 2.11 bits per heavy atom. The summed E-state index contributed by atoms with van der Waals surface area (Å²) < 4.78 is 1.93. The van der Waals surface area contributed by atoms with Crippen molar-refractivity contribution in [3.8, 4) is 0 Å². The lowest BCUT2D eigenvalue weighted by molar-refractivity contribution is -0.115. The summed E-state index contributed by atoms with van der Waals surface area (Å²) in [6.07, 6.45) is 0.427. The van der Waals surface area contributed by atoms with Crippen LogP contribution in [-0.2, 0) is 4.79 Å². The standard InChI is InChI=1S/C11H11IN4OS2/c12-7-1-3-8(4-2-7)14-9(17)5-6-18-11-16-15-10(13)19-11/h1-4H,5-6H2,(H2,13,15)(H,14,17). The minimum absolute atomic E-state index is 0.00815. The van der Waals surface area contributed by atoms with Crippen molar-refractivity contribution in [2.75, 3.05) is 16.8 Å². The molecule has 0 aliphatic carbocycles. The molecule has 1 heterocycles. The molecule has 0 aliphatic rings. The van der Waals surface area contributed by atoms with Crippen LogP contribution in [0.3, 0.4) is 0 Å². The van der Waals surface area contributed by atoms with Gasteiger partial charge in [-0.25, -0.2) is 0 Å². The number of aromatic nitrogens is 2. The third-order valence-corrected chi connectivity index (χ3v) is 4.71. The predicted molar refractivity (Wildman–Crippen MR) is 87.5 cm³/mol. The van der Waals surface area contributed by atoms with Crippen LogP contribution < -0.4 is 11.1 Å². The molecular formula is C11H11IN4OS2. The number of halogens is 1. The van der Waals surface area contributed by atoms with E-state index in [1.165, 1.54) is 23.1 Å². The van der Waals surface area contributed by atoms with Gasteiger partial charge in [-0.3, -0.25) is 4.79 Å². The van der Waals surface area contributed by atoms with Crippen molar-refractivity contribution in [3.63, 3.8) is 0 Å². The average molecular weight is 406 g/mol. The fourth-order valence-corrected chi connectivity index (χ4v) is 3.27. The number of hydrogen-bond acceptors (Lipinski definition) is 6. The van der Waals surface area contributed by atoms with Gasteiger partial charge in [0.05, 0.1) is 0 Å². The molecule has 0 radical (unpaired) electrons. The topological polar surface area (TPSA) is 80.9 Å². The lowest BCUT2D eigenvalue weighted by Gasteiger charge is -2.04. The van der Waals surface area contributed by atoms with E-state index in [2.05, 4.69) is 38.1 Å². The van der Waals surface area contributed by atoms with Crippen molar-refractivity contribution in [1.29, 1.82) is 0 Å². The van der Waals surface area contributed by atoms with Crippen molar-refractivity contribution in [1.82, 2.24) is 10.2 Å². The summed E-state index contributed by atoms with van der Waals surface area (Å²) in [5.41, 5.74) is 6.29. The summed E-state index contributed by atoms with van der Waals surface area (Å²) in [5.74, 6) is 0.649. The number of anilines is 2. The summed E-state index contributed by atoms with van der Waals surface area (Å²) in [7, 11) is 0. The lowest BCUT2D eigenvalue weighted by Crippen LogP contribution is -2.12. The normalized spacial score (nSPS) is 10.4. The van der Waals surface area contributed by atoms with E-state index in [-0.39, 0.29) is 5.91 Å². The molecule has 0 spiro atoms. The molecule has 1 aromatic carbocycles. The Hall–Kier alpha value is -0.870. The third kappa shape index (κ3) is 4.96. The highest BCUT2D eigenvalue weighted by molar-refractivity contribution is 14.1. The van der Waals surface area contributed by atoms with Crippen molar-refractivity contribution >= 4 is 62.4 Å². The molecule has 0 atom stereocenters. The number of hydrogen-bond donors (Lipinski definition) is 2. The predicted octanol–water partition coefficient (Wildman–Crippen LogP) is 2.85. The summed E-state index contributed by atoms with van der Waals surface area (Å²) >= 11 is 5.04. The number of thioether (sulfide) groups is 1. The fraction of sp³-hybridized carbons (Fsp3) is 0.182.